The summed E-state index contributed by atoms with van der Waals surface area (Å²) < 4.78 is 30.2. The van der Waals surface area contributed by atoms with Crippen LogP contribution in [0.3, 0.4) is 0 Å². The quantitative estimate of drug-likeness (QED) is 0.698. The Bertz CT molecular complexity index is 1080. The van der Waals surface area contributed by atoms with Gasteiger partial charge in [0.1, 0.15) is 5.82 Å². The van der Waals surface area contributed by atoms with E-state index in [4.69, 9.17) is 0 Å². The molecule has 0 saturated heterocycles. The molecule has 2 saturated carbocycles. The van der Waals surface area contributed by atoms with Crippen molar-refractivity contribution in [1.82, 2.24) is 29.3 Å². The molecule has 3 aromatic rings. The molecule has 2 aliphatic carbocycles. The summed E-state index contributed by atoms with van der Waals surface area (Å²) in [6.07, 6.45) is 8.78. The highest BCUT2D eigenvalue weighted by Crippen LogP contribution is 2.42. The third-order valence-corrected chi connectivity index (χ3v) is 8.35. The molecule has 0 aliphatic heterocycles. The Kier molecular flexibility index (Phi) is 3.98. The van der Waals surface area contributed by atoms with Crippen LogP contribution in [0.5, 0.6) is 0 Å². The maximum absolute atomic E-state index is 12.6. The number of sulfonamides is 1. The number of aromatic nitrogens is 5. The molecule has 2 fully saturated rings. The molecule has 0 unspecified atom stereocenters. The molecule has 0 spiro atoms. The number of fused-ring (bicyclic) bond motifs is 3. The first kappa shape index (κ1) is 17.1. The average Bonchev–Trinajstić information content (AvgIpc) is 3.28. The molecule has 2 N–H and O–H groups in total. The fourth-order valence-corrected chi connectivity index (χ4v) is 6.44. The third kappa shape index (κ3) is 2.75. The van der Waals surface area contributed by atoms with E-state index in [1.54, 1.807) is 6.20 Å². The van der Waals surface area contributed by atoms with Gasteiger partial charge in [-0.3, -0.25) is 4.40 Å². The second kappa shape index (κ2) is 6.27. The lowest BCUT2D eigenvalue weighted by atomic mass is 9.93. The minimum atomic E-state index is -3.21. The minimum absolute atomic E-state index is 0.0264. The number of nitrogens with zero attached hydrogens (tertiary/aromatic N) is 4. The number of H-pyrrole nitrogens is 1. The third-order valence-electron chi connectivity index (χ3n) is 6.34. The van der Waals surface area contributed by atoms with Gasteiger partial charge >= 0.3 is 0 Å². The van der Waals surface area contributed by atoms with E-state index in [9.17, 15) is 8.42 Å². The Morgan fingerprint density at radius 2 is 2.15 bits per heavy atom. The van der Waals surface area contributed by atoms with Crippen LogP contribution in [0.25, 0.3) is 16.8 Å². The first-order valence-corrected chi connectivity index (χ1v) is 11.3. The first-order chi connectivity index (χ1) is 13.1. The van der Waals surface area contributed by atoms with Crippen LogP contribution in [0, 0.1) is 5.92 Å². The molecular weight excluding hydrogens is 364 g/mol. The van der Waals surface area contributed by atoms with Gasteiger partial charge in [0.05, 0.1) is 17.0 Å². The van der Waals surface area contributed by atoms with Crippen LogP contribution in [0.4, 0.5) is 0 Å². The second-order valence-corrected chi connectivity index (χ2v) is 9.87. The lowest BCUT2D eigenvalue weighted by Gasteiger charge is -2.27. The number of rotatable bonds is 5. The van der Waals surface area contributed by atoms with Gasteiger partial charge in [-0.15, -0.1) is 10.2 Å². The molecule has 2 aliphatic rings. The van der Waals surface area contributed by atoms with E-state index in [0.29, 0.717) is 5.92 Å². The Morgan fingerprint density at radius 1 is 1.30 bits per heavy atom. The van der Waals surface area contributed by atoms with Gasteiger partial charge in [0.25, 0.3) is 0 Å². The molecule has 5 rings (SSSR count). The zero-order valence-electron chi connectivity index (χ0n) is 15.3. The van der Waals surface area contributed by atoms with Gasteiger partial charge in [0, 0.05) is 18.2 Å². The van der Waals surface area contributed by atoms with Crippen molar-refractivity contribution in [3.8, 4) is 0 Å². The molecule has 0 bridgehead atoms. The second-order valence-electron chi connectivity index (χ2n) is 7.88. The van der Waals surface area contributed by atoms with Crippen LogP contribution in [0.15, 0.2) is 18.5 Å². The highest BCUT2D eigenvalue weighted by atomic mass is 32.2. The van der Waals surface area contributed by atoms with E-state index in [0.717, 1.165) is 61.2 Å². The van der Waals surface area contributed by atoms with Gasteiger partial charge < -0.3 is 4.98 Å². The summed E-state index contributed by atoms with van der Waals surface area (Å²) in [5, 5.41) is 8.59. The molecule has 27 heavy (non-hydrogen) atoms. The van der Waals surface area contributed by atoms with Gasteiger partial charge in [-0.05, 0) is 37.7 Å². The van der Waals surface area contributed by atoms with Crippen LogP contribution in [0.2, 0.25) is 0 Å². The minimum Gasteiger partial charge on any atom is -0.345 e. The topological polar surface area (TPSA) is 105 Å². The van der Waals surface area contributed by atoms with Crippen molar-refractivity contribution < 1.29 is 8.42 Å². The van der Waals surface area contributed by atoms with E-state index in [1.165, 1.54) is 0 Å². The Hall–Kier alpha value is -2.00. The zero-order chi connectivity index (χ0) is 18.6. The fourth-order valence-electron chi connectivity index (χ4n) is 4.64. The maximum Gasteiger partial charge on any atom is 0.214 e. The summed E-state index contributed by atoms with van der Waals surface area (Å²) >= 11 is 0. The Balaban J connectivity index is 1.47. The SMILES string of the molecule is CC[C@H]1C[C@@H](NS(=O)(=O)C2CCC2)C[C@H]1c1nnc2cnc3[nH]ccc3n12. The van der Waals surface area contributed by atoms with Crippen LogP contribution >= 0.6 is 0 Å². The Labute approximate surface area is 157 Å². The summed E-state index contributed by atoms with van der Waals surface area (Å²) in [6.45, 7) is 2.16. The van der Waals surface area contributed by atoms with Crippen molar-refractivity contribution in [3.63, 3.8) is 0 Å². The predicted octanol–water partition coefficient (Wildman–Crippen LogP) is 2.35. The van der Waals surface area contributed by atoms with Crippen molar-refractivity contribution in [1.29, 1.82) is 0 Å². The van der Waals surface area contributed by atoms with Gasteiger partial charge in [-0.25, -0.2) is 18.1 Å². The summed E-state index contributed by atoms with van der Waals surface area (Å²) in [5.41, 5.74) is 2.49. The smallest absolute Gasteiger partial charge is 0.214 e. The molecular formula is C18H24N6O2S. The van der Waals surface area contributed by atoms with Crippen molar-refractivity contribution in [2.24, 2.45) is 5.92 Å². The van der Waals surface area contributed by atoms with E-state index >= 15 is 0 Å². The number of nitrogens with one attached hydrogen (secondary N) is 2. The molecule has 144 valence electrons. The summed E-state index contributed by atoms with van der Waals surface area (Å²) in [6, 6.07) is 1.95. The fraction of sp³-hybridized carbons (Fsp3) is 0.611. The molecule has 3 atom stereocenters. The van der Waals surface area contributed by atoms with Crippen LogP contribution < -0.4 is 4.72 Å². The van der Waals surface area contributed by atoms with Gasteiger partial charge in [0.2, 0.25) is 10.0 Å². The van der Waals surface area contributed by atoms with Crippen molar-refractivity contribution in [2.75, 3.05) is 0 Å². The highest BCUT2D eigenvalue weighted by molar-refractivity contribution is 7.90. The summed E-state index contributed by atoms with van der Waals surface area (Å²) in [7, 11) is -3.21. The molecule has 9 heteroatoms. The normalized spacial score (nSPS) is 26.8. The lowest BCUT2D eigenvalue weighted by molar-refractivity contribution is 0.445. The van der Waals surface area contributed by atoms with E-state index < -0.39 is 10.0 Å². The van der Waals surface area contributed by atoms with Gasteiger partial charge in [-0.1, -0.05) is 19.8 Å². The zero-order valence-corrected chi connectivity index (χ0v) is 16.1. The Morgan fingerprint density at radius 3 is 2.89 bits per heavy atom. The van der Waals surface area contributed by atoms with Gasteiger partial charge in [-0.2, -0.15) is 0 Å². The summed E-state index contributed by atoms with van der Waals surface area (Å²) in [5.74, 6) is 1.47. The van der Waals surface area contributed by atoms with E-state index in [2.05, 4.69) is 36.2 Å². The maximum atomic E-state index is 12.6. The standard InChI is InChI=1S/C18H24N6O2S/c1-2-11-8-12(23-27(25,26)13-4-3-5-13)9-14(11)18-22-21-16-10-20-17-15(24(16)18)6-7-19-17/h6-7,10-14,19,23H,2-5,8-9H2,1H3/t11-,12+,14+/m0/s1. The number of hydrogen-bond donors (Lipinski definition) is 2. The van der Waals surface area contributed by atoms with E-state index in [-0.39, 0.29) is 17.2 Å². The first-order valence-electron chi connectivity index (χ1n) is 9.75. The predicted molar refractivity (Wildman–Crippen MR) is 102 cm³/mol. The van der Waals surface area contributed by atoms with E-state index in [1.807, 2.05) is 12.3 Å². The van der Waals surface area contributed by atoms with Crippen LogP contribution in [-0.2, 0) is 10.0 Å². The lowest BCUT2D eigenvalue weighted by Crippen LogP contribution is -2.42. The summed E-state index contributed by atoms with van der Waals surface area (Å²) in [4.78, 5) is 7.51. The molecule has 0 amide bonds. The van der Waals surface area contributed by atoms with Gasteiger partial charge in [0.15, 0.2) is 11.3 Å². The number of hydrogen-bond acceptors (Lipinski definition) is 5. The molecule has 0 aromatic carbocycles. The molecule has 0 radical (unpaired) electrons. The largest absolute Gasteiger partial charge is 0.345 e. The van der Waals surface area contributed by atoms with Crippen molar-refractivity contribution in [3.05, 3.63) is 24.3 Å². The number of aromatic amines is 1. The van der Waals surface area contributed by atoms with Crippen LogP contribution in [-0.4, -0.2) is 44.3 Å². The van der Waals surface area contributed by atoms with Crippen molar-refractivity contribution in [2.45, 2.75) is 62.7 Å². The highest BCUT2D eigenvalue weighted by Gasteiger charge is 2.41. The average molecular weight is 388 g/mol. The van der Waals surface area contributed by atoms with Crippen LogP contribution in [0.1, 0.15) is 57.2 Å². The molecule has 8 nitrogen and oxygen atoms in total. The van der Waals surface area contributed by atoms with Crippen molar-refractivity contribution >= 4 is 26.8 Å². The molecule has 3 aromatic heterocycles. The molecule has 3 heterocycles. The monoisotopic (exact) mass is 388 g/mol.